The molecule has 0 unspecified atom stereocenters. The van der Waals surface area contributed by atoms with E-state index in [1.807, 2.05) is 24.3 Å². The molecule has 0 saturated heterocycles. The molecule has 2 aromatic rings. The number of methoxy groups -OCH3 is 1. The van der Waals surface area contributed by atoms with Crippen molar-refractivity contribution in [2.75, 3.05) is 7.11 Å². The lowest BCUT2D eigenvalue weighted by Crippen LogP contribution is -2.00. The summed E-state index contributed by atoms with van der Waals surface area (Å²) in [7, 11) is 1.61. The Bertz CT molecular complexity index is 540. The molecule has 0 aliphatic rings. The van der Waals surface area contributed by atoms with Gasteiger partial charge in [-0.25, -0.2) is 4.98 Å². The largest absolute Gasteiger partial charge is 0.497 e. The van der Waals surface area contributed by atoms with Crippen LogP contribution >= 0.6 is 0 Å². The van der Waals surface area contributed by atoms with Gasteiger partial charge in [-0.15, -0.1) is 0 Å². The van der Waals surface area contributed by atoms with Crippen LogP contribution < -0.4 is 9.47 Å². The first-order valence-corrected chi connectivity index (χ1v) is 5.49. The van der Waals surface area contributed by atoms with Crippen LogP contribution in [-0.4, -0.2) is 18.4 Å². The molecule has 0 amide bonds. The molecule has 4 nitrogen and oxygen atoms in total. The maximum Gasteiger partial charge on any atom is 0.224 e. The molecule has 2 rings (SSSR count). The lowest BCUT2D eigenvalue weighted by Gasteiger charge is -2.08. The molecule has 0 spiro atoms. The fourth-order valence-electron chi connectivity index (χ4n) is 1.53. The number of hydrogen-bond donors (Lipinski definition) is 0. The number of aromatic nitrogens is 1. The van der Waals surface area contributed by atoms with Crippen molar-refractivity contribution >= 4 is 6.29 Å². The highest BCUT2D eigenvalue weighted by Gasteiger charge is 2.04. The molecule has 1 heterocycles. The van der Waals surface area contributed by atoms with Crippen LogP contribution in [0.3, 0.4) is 0 Å². The minimum Gasteiger partial charge on any atom is -0.497 e. The monoisotopic (exact) mass is 243 g/mol. The molecule has 18 heavy (non-hydrogen) atoms. The molecule has 0 bridgehead atoms. The van der Waals surface area contributed by atoms with Gasteiger partial charge in [0.05, 0.1) is 12.7 Å². The number of pyridine rings is 1. The van der Waals surface area contributed by atoms with Crippen LogP contribution in [0.15, 0.2) is 42.6 Å². The summed E-state index contributed by atoms with van der Waals surface area (Å²) in [5.41, 5.74) is 1.40. The molecule has 0 saturated carbocycles. The van der Waals surface area contributed by atoms with E-state index in [4.69, 9.17) is 9.47 Å². The van der Waals surface area contributed by atoms with Gasteiger partial charge in [0, 0.05) is 6.20 Å². The third-order valence-electron chi connectivity index (χ3n) is 2.44. The van der Waals surface area contributed by atoms with Crippen LogP contribution in [0.1, 0.15) is 15.9 Å². The number of hydrogen-bond acceptors (Lipinski definition) is 4. The minimum absolute atomic E-state index is 0.342. The van der Waals surface area contributed by atoms with Crippen molar-refractivity contribution in [3.05, 3.63) is 53.7 Å². The van der Waals surface area contributed by atoms with Gasteiger partial charge in [0.15, 0.2) is 6.29 Å². The summed E-state index contributed by atoms with van der Waals surface area (Å²) in [4.78, 5) is 14.8. The van der Waals surface area contributed by atoms with Crippen LogP contribution in [0.5, 0.6) is 11.6 Å². The Morgan fingerprint density at radius 3 is 2.94 bits per heavy atom. The molecule has 0 aliphatic heterocycles. The molecule has 92 valence electrons. The summed E-state index contributed by atoms with van der Waals surface area (Å²) in [6.45, 7) is 0.342. The van der Waals surface area contributed by atoms with Gasteiger partial charge in [-0.05, 0) is 29.8 Å². The Balaban J connectivity index is 2.08. The van der Waals surface area contributed by atoms with Gasteiger partial charge in [-0.1, -0.05) is 12.1 Å². The van der Waals surface area contributed by atoms with Crippen molar-refractivity contribution in [1.82, 2.24) is 4.98 Å². The fraction of sp³-hybridized carbons (Fsp3) is 0.143. The van der Waals surface area contributed by atoms with Crippen LogP contribution in [0.2, 0.25) is 0 Å². The molecule has 0 aliphatic carbocycles. The Kier molecular flexibility index (Phi) is 3.91. The fourth-order valence-corrected chi connectivity index (χ4v) is 1.53. The van der Waals surface area contributed by atoms with Crippen LogP contribution in [0.25, 0.3) is 0 Å². The Morgan fingerprint density at radius 1 is 1.28 bits per heavy atom. The van der Waals surface area contributed by atoms with E-state index in [2.05, 4.69) is 4.98 Å². The molecular formula is C14H13NO3. The van der Waals surface area contributed by atoms with E-state index in [9.17, 15) is 4.79 Å². The van der Waals surface area contributed by atoms with Gasteiger partial charge in [-0.2, -0.15) is 0 Å². The second-order valence-electron chi connectivity index (χ2n) is 3.66. The zero-order chi connectivity index (χ0) is 12.8. The van der Waals surface area contributed by atoms with Crippen molar-refractivity contribution in [2.24, 2.45) is 0 Å². The normalized spacial score (nSPS) is 9.83. The molecule has 0 atom stereocenters. The number of ether oxygens (including phenoxy) is 2. The first-order valence-electron chi connectivity index (χ1n) is 5.49. The molecule has 1 aromatic heterocycles. The van der Waals surface area contributed by atoms with Crippen molar-refractivity contribution in [3.8, 4) is 11.6 Å². The highest BCUT2D eigenvalue weighted by Crippen LogP contribution is 2.16. The van der Waals surface area contributed by atoms with Gasteiger partial charge < -0.3 is 9.47 Å². The smallest absolute Gasteiger partial charge is 0.224 e. The van der Waals surface area contributed by atoms with Gasteiger partial charge in [-0.3, -0.25) is 4.79 Å². The number of carbonyl (C=O) groups is 1. The molecular weight excluding hydrogens is 230 g/mol. The molecule has 0 radical (unpaired) electrons. The van der Waals surface area contributed by atoms with Crippen molar-refractivity contribution in [2.45, 2.75) is 6.61 Å². The highest BCUT2D eigenvalue weighted by atomic mass is 16.5. The third kappa shape index (κ3) is 2.85. The maximum absolute atomic E-state index is 10.8. The van der Waals surface area contributed by atoms with Crippen molar-refractivity contribution in [3.63, 3.8) is 0 Å². The number of benzene rings is 1. The summed E-state index contributed by atoms with van der Waals surface area (Å²) in [5.74, 6) is 1.11. The summed E-state index contributed by atoms with van der Waals surface area (Å²) < 4.78 is 10.6. The Labute approximate surface area is 105 Å². The first-order chi connectivity index (χ1) is 8.83. The zero-order valence-corrected chi connectivity index (χ0v) is 10.00. The molecule has 4 heteroatoms. The predicted octanol–water partition coefficient (Wildman–Crippen LogP) is 2.48. The van der Waals surface area contributed by atoms with Gasteiger partial charge in [0.25, 0.3) is 0 Å². The van der Waals surface area contributed by atoms with E-state index in [-0.39, 0.29) is 0 Å². The SMILES string of the molecule is COc1cccc(COc2ncccc2C=O)c1. The quantitative estimate of drug-likeness (QED) is 0.757. The van der Waals surface area contributed by atoms with Crippen molar-refractivity contribution in [1.29, 1.82) is 0 Å². The number of nitrogens with zero attached hydrogens (tertiary/aromatic N) is 1. The highest BCUT2D eigenvalue weighted by molar-refractivity contribution is 5.77. The lowest BCUT2D eigenvalue weighted by molar-refractivity contribution is 0.111. The van der Waals surface area contributed by atoms with Crippen molar-refractivity contribution < 1.29 is 14.3 Å². The minimum atomic E-state index is 0.342. The number of carbonyl (C=O) groups excluding carboxylic acids is 1. The molecule has 0 N–H and O–H groups in total. The standard InChI is InChI=1S/C14H13NO3/c1-17-13-6-2-4-11(8-13)10-18-14-12(9-16)5-3-7-15-14/h2-9H,10H2,1H3. The van der Waals surface area contributed by atoms with E-state index in [0.29, 0.717) is 18.1 Å². The van der Waals surface area contributed by atoms with E-state index in [1.54, 1.807) is 25.4 Å². The van der Waals surface area contributed by atoms with E-state index in [0.717, 1.165) is 17.6 Å². The third-order valence-corrected chi connectivity index (χ3v) is 2.44. The first kappa shape index (κ1) is 12.1. The van der Waals surface area contributed by atoms with Gasteiger partial charge in [0.2, 0.25) is 5.88 Å². The number of rotatable bonds is 5. The molecule has 1 aromatic carbocycles. The summed E-state index contributed by atoms with van der Waals surface area (Å²) in [6, 6.07) is 10.9. The second kappa shape index (κ2) is 5.82. The van der Waals surface area contributed by atoms with Crippen LogP contribution in [0, 0.1) is 0 Å². The Morgan fingerprint density at radius 2 is 2.17 bits per heavy atom. The average Bonchev–Trinajstić information content (AvgIpc) is 2.45. The van der Waals surface area contributed by atoms with E-state index < -0.39 is 0 Å². The average molecular weight is 243 g/mol. The summed E-state index contributed by atoms with van der Waals surface area (Å²) >= 11 is 0. The second-order valence-corrected chi connectivity index (χ2v) is 3.66. The van der Waals surface area contributed by atoms with Crippen LogP contribution in [-0.2, 0) is 6.61 Å². The maximum atomic E-state index is 10.8. The van der Waals surface area contributed by atoms with E-state index >= 15 is 0 Å². The Hall–Kier alpha value is -2.36. The van der Waals surface area contributed by atoms with Gasteiger partial charge >= 0.3 is 0 Å². The lowest BCUT2D eigenvalue weighted by atomic mass is 10.2. The predicted molar refractivity (Wildman–Crippen MR) is 67.0 cm³/mol. The summed E-state index contributed by atoms with van der Waals surface area (Å²) in [5, 5.41) is 0. The molecule has 0 fully saturated rings. The number of aldehydes is 1. The van der Waals surface area contributed by atoms with E-state index in [1.165, 1.54) is 0 Å². The topological polar surface area (TPSA) is 48.4 Å². The van der Waals surface area contributed by atoms with Crippen LogP contribution in [0.4, 0.5) is 0 Å². The zero-order valence-electron chi connectivity index (χ0n) is 10.00. The summed E-state index contributed by atoms with van der Waals surface area (Å²) in [6.07, 6.45) is 2.32. The van der Waals surface area contributed by atoms with Gasteiger partial charge in [0.1, 0.15) is 12.4 Å².